The molecule has 10 heteroatoms. The van der Waals surface area contributed by atoms with Gasteiger partial charge in [0.05, 0.1) is 19.1 Å². The van der Waals surface area contributed by atoms with Gasteiger partial charge < -0.3 is 15.0 Å². The number of sulfonamides is 1. The van der Waals surface area contributed by atoms with Gasteiger partial charge in [-0.25, -0.2) is 8.42 Å². The molecule has 2 rings (SSSR count). The van der Waals surface area contributed by atoms with Gasteiger partial charge in [-0.2, -0.15) is 0 Å². The molecule has 0 fully saturated rings. The molecule has 0 spiro atoms. The summed E-state index contributed by atoms with van der Waals surface area (Å²) in [6.07, 6.45) is 1.04. The lowest BCUT2D eigenvalue weighted by Crippen LogP contribution is -2.51. The van der Waals surface area contributed by atoms with Crippen LogP contribution >= 0.6 is 15.9 Å². The fourth-order valence-electron chi connectivity index (χ4n) is 3.28. The number of carbonyl (C=O) groups excluding carboxylic acids is 2. The maximum atomic E-state index is 13.5. The van der Waals surface area contributed by atoms with Crippen molar-refractivity contribution in [2.45, 2.75) is 33.4 Å². The lowest BCUT2D eigenvalue weighted by atomic mass is 10.1. The first kappa shape index (κ1) is 26.7. The van der Waals surface area contributed by atoms with Crippen LogP contribution in [-0.2, 0) is 26.2 Å². The number of carbonyl (C=O) groups is 2. The van der Waals surface area contributed by atoms with E-state index in [9.17, 15) is 18.0 Å². The van der Waals surface area contributed by atoms with E-state index >= 15 is 0 Å². The molecule has 1 N–H and O–H groups in total. The molecule has 8 nitrogen and oxygen atoms in total. The quantitative estimate of drug-likeness (QED) is 0.500. The van der Waals surface area contributed by atoms with E-state index in [2.05, 4.69) is 21.2 Å². The first-order chi connectivity index (χ1) is 15.5. The fraction of sp³-hybridized carbons (Fsp3) is 0.391. The molecular weight excluding hydrogens is 510 g/mol. The molecule has 2 amide bonds. The standard InChI is InChI=1S/C23H30BrN3O5S/c1-6-25-23(29)17(3)26(14-18-8-10-19(24)11-9-18)22(28)15-27(33(5,30)31)20-13-16(2)7-12-21(20)32-4/h7-13,17H,6,14-15H2,1-5H3,(H,25,29)/t17-/m0/s1. The Labute approximate surface area is 204 Å². The number of ether oxygens (including phenoxy) is 1. The zero-order valence-electron chi connectivity index (χ0n) is 19.5. The Hall–Kier alpha value is -2.59. The molecule has 0 aliphatic rings. The SMILES string of the molecule is CCNC(=O)[C@H](C)N(Cc1ccc(Br)cc1)C(=O)CN(c1cc(C)ccc1OC)S(C)(=O)=O. The summed E-state index contributed by atoms with van der Waals surface area (Å²) in [6.45, 7) is 5.33. The number of nitrogens with one attached hydrogen (secondary N) is 1. The van der Waals surface area contributed by atoms with Gasteiger partial charge in [0.1, 0.15) is 18.3 Å². The van der Waals surface area contributed by atoms with Crippen molar-refractivity contribution in [1.82, 2.24) is 10.2 Å². The zero-order chi connectivity index (χ0) is 24.8. The second-order valence-electron chi connectivity index (χ2n) is 7.66. The summed E-state index contributed by atoms with van der Waals surface area (Å²) >= 11 is 3.38. The topological polar surface area (TPSA) is 96.0 Å². The van der Waals surface area contributed by atoms with Gasteiger partial charge in [0.15, 0.2) is 0 Å². The number of benzene rings is 2. The van der Waals surface area contributed by atoms with Crippen molar-refractivity contribution in [2.75, 3.05) is 30.8 Å². The number of nitrogens with zero attached hydrogens (tertiary/aromatic N) is 2. The Balaban J connectivity index is 2.44. The maximum absolute atomic E-state index is 13.5. The van der Waals surface area contributed by atoms with Crippen LogP contribution < -0.4 is 14.4 Å². The summed E-state index contributed by atoms with van der Waals surface area (Å²) < 4.78 is 32.6. The lowest BCUT2D eigenvalue weighted by Gasteiger charge is -2.31. The van der Waals surface area contributed by atoms with Crippen LogP contribution in [0.1, 0.15) is 25.0 Å². The summed E-state index contributed by atoms with van der Waals surface area (Å²) in [4.78, 5) is 27.4. The summed E-state index contributed by atoms with van der Waals surface area (Å²) in [7, 11) is -2.39. The van der Waals surface area contributed by atoms with Gasteiger partial charge in [0.2, 0.25) is 21.8 Å². The van der Waals surface area contributed by atoms with E-state index in [0.717, 1.165) is 26.2 Å². The van der Waals surface area contributed by atoms with E-state index in [1.54, 1.807) is 32.0 Å². The van der Waals surface area contributed by atoms with Crippen LogP contribution in [0.5, 0.6) is 5.75 Å². The van der Waals surface area contributed by atoms with Crippen molar-refractivity contribution >= 4 is 43.5 Å². The second-order valence-corrected chi connectivity index (χ2v) is 10.5. The van der Waals surface area contributed by atoms with E-state index in [0.29, 0.717) is 12.3 Å². The van der Waals surface area contributed by atoms with Crippen LogP contribution in [-0.4, -0.2) is 57.6 Å². The molecule has 2 aromatic carbocycles. The van der Waals surface area contributed by atoms with Crippen molar-refractivity contribution in [1.29, 1.82) is 0 Å². The predicted octanol–water partition coefficient (Wildman–Crippen LogP) is 3.09. The normalized spacial score (nSPS) is 12.1. The Morgan fingerprint density at radius 3 is 2.33 bits per heavy atom. The van der Waals surface area contributed by atoms with Crippen LogP contribution in [0.15, 0.2) is 46.9 Å². The number of aryl methyl sites for hydroxylation is 1. The molecule has 0 aromatic heterocycles. The van der Waals surface area contributed by atoms with Crippen LogP contribution in [0.3, 0.4) is 0 Å². The van der Waals surface area contributed by atoms with Crippen LogP contribution in [0.4, 0.5) is 5.69 Å². The first-order valence-electron chi connectivity index (χ1n) is 10.4. The number of anilines is 1. The van der Waals surface area contributed by atoms with Crippen molar-refractivity contribution in [3.8, 4) is 5.75 Å². The molecule has 0 saturated heterocycles. The summed E-state index contributed by atoms with van der Waals surface area (Å²) in [5, 5.41) is 2.72. The Morgan fingerprint density at radius 1 is 1.15 bits per heavy atom. The van der Waals surface area contributed by atoms with E-state index in [-0.39, 0.29) is 18.1 Å². The minimum absolute atomic E-state index is 0.146. The number of hydrogen-bond acceptors (Lipinski definition) is 5. The Kier molecular flexibility index (Phi) is 9.30. The fourth-order valence-corrected chi connectivity index (χ4v) is 4.39. The van der Waals surface area contributed by atoms with E-state index in [4.69, 9.17) is 4.74 Å². The van der Waals surface area contributed by atoms with Crippen LogP contribution in [0.25, 0.3) is 0 Å². The molecule has 33 heavy (non-hydrogen) atoms. The summed E-state index contributed by atoms with van der Waals surface area (Å²) in [5.74, 6) is -0.497. The molecule has 0 aliphatic heterocycles. The number of hydrogen-bond donors (Lipinski definition) is 1. The number of rotatable bonds is 10. The largest absolute Gasteiger partial charge is 0.495 e. The first-order valence-corrected chi connectivity index (χ1v) is 13.1. The lowest BCUT2D eigenvalue weighted by molar-refractivity contribution is -0.139. The highest BCUT2D eigenvalue weighted by Crippen LogP contribution is 2.31. The summed E-state index contributed by atoms with van der Waals surface area (Å²) in [6, 6.07) is 11.7. The monoisotopic (exact) mass is 539 g/mol. The molecule has 1 atom stereocenters. The van der Waals surface area contributed by atoms with E-state index in [1.807, 2.05) is 31.2 Å². The number of likely N-dealkylation sites (N-methyl/N-ethyl adjacent to an activating group) is 1. The number of amides is 2. The van der Waals surface area contributed by atoms with E-state index in [1.165, 1.54) is 12.0 Å². The van der Waals surface area contributed by atoms with Gasteiger partial charge in [-0.15, -0.1) is 0 Å². The Morgan fingerprint density at radius 2 is 1.79 bits per heavy atom. The molecule has 2 aromatic rings. The molecule has 180 valence electrons. The third-order valence-electron chi connectivity index (χ3n) is 5.07. The zero-order valence-corrected chi connectivity index (χ0v) is 21.9. The highest BCUT2D eigenvalue weighted by atomic mass is 79.9. The van der Waals surface area contributed by atoms with Gasteiger partial charge in [-0.05, 0) is 56.2 Å². The number of methoxy groups -OCH3 is 1. The molecule has 0 unspecified atom stereocenters. The van der Waals surface area contributed by atoms with Crippen LogP contribution in [0, 0.1) is 6.92 Å². The summed E-state index contributed by atoms with van der Waals surface area (Å²) in [5.41, 5.74) is 1.89. The van der Waals surface area contributed by atoms with Gasteiger partial charge in [-0.1, -0.05) is 34.1 Å². The minimum Gasteiger partial charge on any atom is -0.495 e. The molecular formula is C23H30BrN3O5S. The van der Waals surface area contributed by atoms with Gasteiger partial charge in [0, 0.05) is 17.6 Å². The third kappa shape index (κ3) is 7.20. The molecule has 0 heterocycles. The van der Waals surface area contributed by atoms with Gasteiger partial charge >= 0.3 is 0 Å². The highest BCUT2D eigenvalue weighted by Gasteiger charge is 2.31. The highest BCUT2D eigenvalue weighted by molar-refractivity contribution is 9.10. The van der Waals surface area contributed by atoms with Crippen molar-refractivity contribution < 1.29 is 22.7 Å². The molecule has 0 bridgehead atoms. The van der Waals surface area contributed by atoms with Crippen molar-refractivity contribution in [3.05, 3.63) is 58.1 Å². The average Bonchev–Trinajstić information content (AvgIpc) is 2.75. The Bertz CT molecular complexity index is 1090. The van der Waals surface area contributed by atoms with Gasteiger partial charge in [0.25, 0.3) is 0 Å². The molecule has 0 aliphatic carbocycles. The number of halogens is 1. The minimum atomic E-state index is -3.83. The third-order valence-corrected chi connectivity index (χ3v) is 6.72. The van der Waals surface area contributed by atoms with Crippen molar-refractivity contribution in [2.24, 2.45) is 0 Å². The molecule has 0 saturated carbocycles. The maximum Gasteiger partial charge on any atom is 0.244 e. The average molecular weight is 540 g/mol. The van der Waals surface area contributed by atoms with Crippen molar-refractivity contribution in [3.63, 3.8) is 0 Å². The predicted molar refractivity (Wildman–Crippen MR) is 133 cm³/mol. The van der Waals surface area contributed by atoms with E-state index < -0.39 is 28.5 Å². The second kappa shape index (κ2) is 11.5. The smallest absolute Gasteiger partial charge is 0.244 e. The molecule has 0 radical (unpaired) electrons. The van der Waals surface area contributed by atoms with Gasteiger partial charge in [-0.3, -0.25) is 13.9 Å². The van der Waals surface area contributed by atoms with Crippen LogP contribution in [0.2, 0.25) is 0 Å².